The van der Waals surface area contributed by atoms with Gasteiger partial charge in [0.2, 0.25) is 0 Å². The van der Waals surface area contributed by atoms with E-state index in [1.807, 2.05) is 0 Å². The van der Waals surface area contributed by atoms with Crippen LogP contribution in [0.4, 0.5) is 11.4 Å². The van der Waals surface area contributed by atoms with Crippen molar-refractivity contribution in [2.45, 2.75) is 4.90 Å². The number of halogens is 1. The van der Waals surface area contributed by atoms with Crippen molar-refractivity contribution in [1.82, 2.24) is 0 Å². The minimum Gasteiger partial charge on any atom is -0.269 e. The van der Waals surface area contributed by atoms with E-state index in [0.29, 0.717) is 5.69 Å². The average Bonchev–Trinajstić information content (AvgIpc) is 2.47. The van der Waals surface area contributed by atoms with Crippen LogP contribution in [0.5, 0.6) is 0 Å². The number of benzene rings is 2. The quantitative estimate of drug-likeness (QED) is 0.638. The van der Waals surface area contributed by atoms with Crippen molar-refractivity contribution in [3.63, 3.8) is 0 Å². The van der Waals surface area contributed by atoms with Crippen LogP contribution in [0.1, 0.15) is 0 Å². The highest BCUT2D eigenvalue weighted by atomic mass is 35.5. The number of hydrogen-bond donors (Lipinski definition) is 0. The zero-order valence-corrected chi connectivity index (χ0v) is 12.5. The lowest BCUT2D eigenvalue weighted by Gasteiger charge is -2.19. The van der Waals surface area contributed by atoms with E-state index in [4.69, 9.17) is 11.6 Å². The summed E-state index contributed by atoms with van der Waals surface area (Å²) in [4.78, 5) is 9.82. The molecule has 0 aromatic heterocycles. The van der Waals surface area contributed by atoms with E-state index in [1.165, 1.54) is 13.1 Å². The van der Waals surface area contributed by atoms with Crippen molar-refractivity contribution in [2.75, 3.05) is 11.4 Å². The molecule has 0 unspecified atom stereocenters. The van der Waals surface area contributed by atoms with E-state index in [1.54, 1.807) is 30.3 Å². The maximum absolute atomic E-state index is 12.5. The van der Waals surface area contributed by atoms with Gasteiger partial charge in [0.05, 0.1) is 15.6 Å². The summed E-state index contributed by atoms with van der Waals surface area (Å²) in [5.41, 5.74) is 0.0968. The maximum atomic E-state index is 12.5. The first-order chi connectivity index (χ1) is 9.84. The lowest BCUT2D eigenvalue weighted by atomic mass is 10.3. The fourth-order valence-corrected chi connectivity index (χ4v) is 3.42. The number of anilines is 1. The minimum atomic E-state index is -3.98. The molecule has 0 spiro atoms. The number of nitro benzene ring substituents is 1. The first-order valence-corrected chi connectivity index (χ1v) is 7.64. The monoisotopic (exact) mass is 326 g/mol. The Morgan fingerprint density at radius 1 is 1.14 bits per heavy atom. The molecule has 110 valence electrons. The summed E-state index contributed by atoms with van der Waals surface area (Å²) in [5.74, 6) is 0. The summed E-state index contributed by atoms with van der Waals surface area (Å²) in [7, 11) is -2.62. The lowest BCUT2D eigenvalue weighted by molar-refractivity contribution is -0.385. The third-order valence-electron chi connectivity index (χ3n) is 2.88. The van der Waals surface area contributed by atoms with Gasteiger partial charge in [-0.15, -0.1) is 0 Å². The second kappa shape index (κ2) is 5.71. The van der Waals surface area contributed by atoms with Crippen LogP contribution in [-0.2, 0) is 10.0 Å². The van der Waals surface area contributed by atoms with Gasteiger partial charge in [-0.25, -0.2) is 8.42 Å². The van der Waals surface area contributed by atoms with Gasteiger partial charge in [-0.2, -0.15) is 0 Å². The van der Waals surface area contributed by atoms with Crippen LogP contribution in [0.15, 0.2) is 53.4 Å². The Morgan fingerprint density at radius 3 is 2.33 bits per heavy atom. The van der Waals surface area contributed by atoms with Crippen molar-refractivity contribution in [1.29, 1.82) is 0 Å². The van der Waals surface area contributed by atoms with E-state index in [-0.39, 0.29) is 15.6 Å². The summed E-state index contributed by atoms with van der Waals surface area (Å²) in [6.45, 7) is 0. The number of para-hydroxylation sites is 1. The summed E-state index contributed by atoms with van der Waals surface area (Å²) in [6, 6.07) is 11.7. The molecule has 2 aromatic rings. The van der Waals surface area contributed by atoms with E-state index in [0.717, 1.165) is 16.4 Å². The van der Waals surface area contributed by atoms with E-state index >= 15 is 0 Å². The summed E-state index contributed by atoms with van der Waals surface area (Å²) < 4.78 is 26.1. The van der Waals surface area contributed by atoms with Gasteiger partial charge in [-0.05, 0) is 18.2 Å². The first-order valence-electron chi connectivity index (χ1n) is 5.82. The molecule has 0 fully saturated rings. The van der Waals surface area contributed by atoms with Crippen LogP contribution in [-0.4, -0.2) is 20.4 Å². The maximum Gasteiger partial charge on any atom is 0.270 e. The molecular weight excluding hydrogens is 316 g/mol. The molecule has 0 aliphatic heterocycles. The summed E-state index contributed by atoms with van der Waals surface area (Å²) in [6.07, 6.45) is 0. The minimum absolute atomic E-state index is 0.0663. The SMILES string of the molecule is CN(c1ccccc1)S(=O)(=O)c1cc([N+](=O)[O-])ccc1Cl. The fraction of sp³-hybridized carbons (Fsp3) is 0.0769. The molecule has 2 rings (SSSR count). The number of nitrogens with zero attached hydrogens (tertiary/aromatic N) is 2. The molecule has 0 atom stereocenters. The molecule has 8 heteroatoms. The highest BCUT2D eigenvalue weighted by Gasteiger charge is 2.26. The molecule has 0 saturated heterocycles. The molecule has 0 bridgehead atoms. The van der Waals surface area contributed by atoms with Gasteiger partial charge in [0.15, 0.2) is 0 Å². The van der Waals surface area contributed by atoms with E-state index in [9.17, 15) is 18.5 Å². The smallest absolute Gasteiger partial charge is 0.269 e. The Labute approximate surface area is 126 Å². The highest BCUT2D eigenvalue weighted by Crippen LogP contribution is 2.30. The van der Waals surface area contributed by atoms with Crippen LogP contribution in [0.25, 0.3) is 0 Å². The predicted octanol–water partition coefficient (Wildman–Crippen LogP) is 3.07. The van der Waals surface area contributed by atoms with Gasteiger partial charge >= 0.3 is 0 Å². The van der Waals surface area contributed by atoms with E-state index < -0.39 is 14.9 Å². The third kappa shape index (κ3) is 2.98. The van der Waals surface area contributed by atoms with E-state index in [2.05, 4.69) is 0 Å². The van der Waals surface area contributed by atoms with Crippen LogP contribution >= 0.6 is 11.6 Å². The van der Waals surface area contributed by atoms with Crippen LogP contribution in [0.3, 0.4) is 0 Å². The van der Waals surface area contributed by atoms with Gasteiger partial charge in [0.25, 0.3) is 15.7 Å². The van der Waals surface area contributed by atoms with Gasteiger partial charge < -0.3 is 0 Å². The zero-order chi connectivity index (χ0) is 15.6. The Morgan fingerprint density at radius 2 is 1.76 bits per heavy atom. The molecule has 21 heavy (non-hydrogen) atoms. The molecule has 0 saturated carbocycles. The first kappa shape index (κ1) is 15.3. The largest absolute Gasteiger partial charge is 0.270 e. The number of rotatable bonds is 4. The second-order valence-corrected chi connectivity index (χ2v) is 6.52. The fourth-order valence-electron chi connectivity index (χ4n) is 1.73. The summed E-state index contributed by atoms with van der Waals surface area (Å²) >= 11 is 5.89. The Balaban J connectivity index is 2.54. The molecule has 0 heterocycles. The highest BCUT2D eigenvalue weighted by molar-refractivity contribution is 7.93. The zero-order valence-electron chi connectivity index (χ0n) is 10.9. The van der Waals surface area contributed by atoms with Crippen molar-refractivity contribution in [3.8, 4) is 0 Å². The average molecular weight is 327 g/mol. The summed E-state index contributed by atoms with van der Waals surface area (Å²) in [5, 5.41) is 10.7. The van der Waals surface area contributed by atoms with Gasteiger partial charge in [0, 0.05) is 19.2 Å². The number of sulfonamides is 1. The molecule has 6 nitrogen and oxygen atoms in total. The topological polar surface area (TPSA) is 80.5 Å². The van der Waals surface area contributed by atoms with Gasteiger partial charge in [-0.3, -0.25) is 14.4 Å². The van der Waals surface area contributed by atoms with Crippen molar-refractivity contribution < 1.29 is 13.3 Å². The lowest BCUT2D eigenvalue weighted by Crippen LogP contribution is -2.26. The Kier molecular flexibility index (Phi) is 4.15. The molecule has 2 aromatic carbocycles. The molecule has 0 N–H and O–H groups in total. The number of nitro groups is 1. The van der Waals surface area contributed by atoms with Crippen LogP contribution in [0.2, 0.25) is 5.02 Å². The van der Waals surface area contributed by atoms with Gasteiger partial charge in [0.1, 0.15) is 4.90 Å². The molecule has 0 aliphatic rings. The Hall–Kier alpha value is -2.12. The van der Waals surface area contributed by atoms with Gasteiger partial charge in [-0.1, -0.05) is 29.8 Å². The van der Waals surface area contributed by atoms with Crippen LogP contribution in [0, 0.1) is 10.1 Å². The second-order valence-electron chi connectivity index (χ2n) is 4.18. The molecule has 0 amide bonds. The standard InChI is InChI=1S/C13H11ClN2O4S/c1-15(10-5-3-2-4-6-10)21(19,20)13-9-11(16(17)18)7-8-12(13)14/h2-9H,1H3. The molecule has 0 aliphatic carbocycles. The number of non-ortho nitro benzene ring substituents is 1. The van der Waals surface area contributed by atoms with Crippen molar-refractivity contribution in [3.05, 3.63) is 63.7 Å². The molecular formula is C13H11ClN2O4S. The third-order valence-corrected chi connectivity index (χ3v) is 5.15. The predicted molar refractivity (Wildman–Crippen MR) is 80.1 cm³/mol. The molecule has 0 radical (unpaired) electrons. The Bertz CT molecular complexity index is 778. The normalized spacial score (nSPS) is 11.1. The van der Waals surface area contributed by atoms with Crippen LogP contribution < -0.4 is 4.31 Å². The van der Waals surface area contributed by atoms with Crippen molar-refractivity contribution in [2.24, 2.45) is 0 Å². The number of hydrogen-bond acceptors (Lipinski definition) is 4. The van der Waals surface area contributed by atoms with Crippen molar-refractivity contribution >= 4 is 33.0 Å².